The normalized spacial score (nSPS) is 13.4. The number of fused-ring (bicyclic) bond motifs is 1. The molecule has 1 heterocycles. The number of ether oxygens (including phenoxy) is 1. The van der Waals surface area contributed by atoms with Crippen LogP contribution in [0.4, 0.5) is 0 Å². The summed E-state index contributed by atoms with van der Waals surface area (Å²) in [5.41, 5.74) is 2.72. The van der Waals surface area contributed by atoms with E-state index in [0.717, 1.165) is 5.56 Å². The van der Waals surface area contributed by atoms with Crippen LogP contribution in [0.25, 0.3) is 0 Å². The molecule has 0 aromatic heterocycles. The van der Waals surface area contributed by atoms with E-state index >= 15 is 0 Å². The van der Waals surface area contributed by atoms with E-state index in [9.17, 15) is 9.59 Å². The van der Waals surface area contributed by atoms with E-state index in [-0.39, 0.29) is 0 Å². The Hall–Kier alpha value is -2.08. The van der Waals surface area contributed by atoms with Crippen LogP contribution in [0.2, 0.25) is 0 Å². The number of hydrogen-bond acceptors (Lipinski definition) is 3. The molecular weight excluding hydrogens is 192 g/mol. The van der Waals surface area contributed by atoms with Gasteiger partial charge in [-0.3, -0.25) is 0 Å². The maximum atomic E-state index is 11.4. The summed E-state index contributed by atoms with van der Waals surface area (Å²) < 4.78 is 4.52. The summed E-state index contributed by atoms with van der Waals surface area (Å²) in [4.78, 5) is 22.6. The van der Waals surface area contributed by atoms with Crippen molar-refractivity contribution in [3.63, 3.8) is 0 Å². The first kappa shape index (κ1) is 9.47. The molecule has 15 heavy (non-hydrogen) atoms. The molecule has 0 atom stereocenters. The highest BCUT2D eigenvalue weighted by molar-refractivity contribution is 6.15. The maximum absolute atomic E-state index is 11.4. The predicted molar refractivity (Wildman–Crippen MR) is 53.6 cm³/mol. The van der Waals surface area contributed by atoms with E-state index in [1.54, 1.807) is 19.9 Å². The van der Waals surface area contributed by atoms with E-state index < -0.39 is 11.9 Å². The third-order valence-electron chi connectivity index (χ3n) is 2.53. The zero-order valence-electron chi connectivity index (χ0n) is 8.38. The van der Waals surface area contributed by atoms with Crippen molar-refractivity contribution in [2.45, 2.75) is 13.8 Å². The van der Waals surface area contributed by atoms with Crippen molar-refractivity contribution in [3.8, 4) is 12.3 Å². The molecule has 1 aliphatic heterocycles. The van der Waals surface area contributed by atoms with Crippen molar-refractivity contribution in [3.05, 3.63) is 33.9 Å². The van der Waals surface area contributed by atoms with Gasteiger partial charge in [-0.15, -0.1) is 6.42 Å². The average molecular weight is 200 g/mol. The minimum absolute atomic E-state index is 0.304. The van der Waals surface area contributed by atoms with Gasteiger partial charge < -0.3 is 4.74 Å². The van der Waals surface area contributed by atoms with Crippen LogP contribution >= 0.6 is 0 Å². The van der Waals surface area contributed by atoms with E-state index in [4.69, 9.17) is 6.42 Å². The van der Waals surface area contributed by atoms with Gasteiger partial charge in [0, 0.05) is 5.56 Å². The lowest BCUT2D eigenvalue weighted by atomic mass is 9.94. The summed E-state index contributed by atoms with van der Waals surface area (Å²) in [6.45, 7) is 3.53. The van der Waals surface area contributed by atoms with Crippen LogP contribution in [0, 0.1) is 26.2 Å². The first-order valence-corrected chi connectivity index (χ1v) is 4.43. The lowest BCUT2D eigenvalue weighted by Gasteiger charge is -2.05. The second kappa shape index (κ2) is 2.96. The largest absolute Gasteiger partial charge is 0.386 e. The molecule has 3 heteroatoms. The first-order chi connectivity index (χ1) is 7.06. The minimum Gasteiger partial charge on any atom is -0.386 e. The van der Waals surface area contributed by atoms with E-state index in [2.05, 4.69) is 10.7 Å². The molecule has 1 aromatic rings. The number of carbonyl (C=O) groups is 2. The molecule has 0 saturated heterocycles. The van der Waals surface area contributed by atoms with Crippen molar-refractivity contribution in [1.82, 2.24) is 0 Å². The number of aryl methyl sites for hydroxylation is 1. The monoisotopic (exact) mass is 200 g/mol. The van der Waals surface area contributed by atoms with Crippen LogP contribution in [0.5, 0.6) is 0 Å². The maximum Gasteiger partial charge on any atom is 0.347 e. The smallest absolute Gasteiger partial charge is 0.347 e. The first-order valence-electron chi connectivity index (χ1n) is 4.43. The number of carbonyl (C=O) groups excluding carboxylic acids is 2. The summed E-state index contributed by atoms with van der Waals surface area (Å²) in [6, 6.07) is 1.60. The molecule has 2 rings (SSSR count). The van der Waals surface area contributed by atoms with Gasteiger partial charge in [0.25, 0.3) is 0 Å². The van der Waals surface area contributed by atoms with Crippen molar-refractivity contribution in [2.24, 2.45) is 0 Å². The van der Waals surface area contributed by atoms with Gasteiger partial charge in [0.2, 0.25) is 0 Å². The molecule has 0 radical (unpaired) electrons. The van der Waals surface area contributed by atoms with Gasteiger partial charge in [-0.1, -0.05) is 5.92 Å². The van der Waals surface area contributed by atoms with Crippen LogP contribution < -0.4 is 0 Å². The molecule has 0 fully saturated rings. The molecule has 1 aliphatic rings. The lowest BCUT2D eigenvalue weighted by molar-refractivity contribution is 0.0443. The lowest BCUT2D eigenvalue weighted by Crippen LogP contribution is -2.01. The molecule has 0 N–H and O–H groups in total. The highest BCUT2D eigenvalue weighted by Crippen LogP contribution is 2.27. The van der Waals surface area contributed by atoms with Crippen LogP contribution in [0.3, 0.4) is 0 Å². The summed E-state index contributed by atoms with van der Waals surface area (Å²) in [5.74, 6) is 1.31. The molecule has 0 spiro atoms. The standard InChI is InChI=1S/C12H8O3/c1-4-8-6(2)5-9-10(7(8)3)12(14)15-11(9)13/h1,5H,2-3H3. The fraction of sp³-hybridized carbons (Fsp3) is 0.167. The number of benzene rings is 1. The minimum atomic E-state index is -0.607. The second-order valence-corrected chi connectivity index (χ2v) is 3.44. The molecular formula is C12H8O3. The Kier molecular flexibility index (Phi) is 1.87. The van der Waals surface area contributed by atoms with E-state index in [1.807, 2.05) is 0 Å². The van der Waals surface area contributed by atoms with Gasteiger partial charge in [-0.2, -0.15) is 0 Å². The molecule has 0 bridgehead atoms. The Labute approximate surface area is 87.1 Å². The SMILES string of the molecule is C#Cc1c(C)cc2c(c1C)C(=O)OC2=O. The van der Waals surface area contributed by atoms with Crippen LogP contribution in [0.15, 0.2) is 6.07 Å². The van der Waals surface area contributed by atoms with Gasteiger partial charge in [0.15, 0.2) is 0 Å². The highest BCUT2D eigenvalue weighted by Gasteiger charge is 2.32. The molecule has 3 nitrogen and oxygen atoms in total. The molecule has 74 valence electrons. The van der Waals surface area contributed by atoms with Gasteiger partial charge in [-0.05, 0) is 31.0 Å². The zero-order chi connectivity index (χ0) is 11.2. The molecule has 0 amide bonds. The summed E-state index contributed by atoms with van der Waals surface area (Å²) in [6.07, 6.45) is 5.34. The second-order valence-electron chi connectivity index (χ2n) is 3.44. The number of cyclic esters (lactones) is 2. The van der Waals surface area contributed by atoms with Crippen molar-refractivity contribution < 1.29 is 14.3 Å². The number of terminal acetylenes is 1. The van der Waals surface area contributed by atoms with Crippen LogP contribution in [-0.4, -0.2) is 11.9 Å². The van der Waals surface area contributed by atoms with Crippen molar-refractivity contribution in [1.29, 1.82) is 0 Å². The van der Waals surface area contributed by atoms with Crippen LogP contribution in [-0.2, 0) is 4.74 Å². The number of hydrogen-bond donors (Lipinski definition) is 0. The van der Waals surface area contributed by atoms with E-state index in [0.29, 0.717) is 22.3 Å². The molecule has 1 aromatic carbocycles. The fourth-order valence-corrected chi connectivity index (χ4v) is 1.82. The summed E-state index contributed by atoms with van der Waals surface area (Å²) in [5, 5.41) is 0. The van der Waals surface area contributed by atoms with Gasteiger partial charge >= 0.3 is 11.9 Å². The third kappa shape index (κ3) is 1.15. The number of rotatable bonds is 0. The summed E-state index contributed by atoms with van der Waals surface area (Å²) in [7, 11) is 0. The highest BCUT2D eigenvalue weighted by atomic mass is 16.6. The zero-order valence-corrected chi connectivity index (χ0v) is 8.38. The van der Waals surface area contributed by atoms with Gasteiger partial charge in [0.05, 0.1) is 11.1 Å². The summed E-state index contributed by atoms with van der Waals surface area (Å²) >= 11 is 0. The van der Waals surface area contributed by atoms with Crippen LogP contribution in [0.1, 0.15) is 37.4 Å². The predicted octanol–water partition coefficient (Wildman–Crippen LogP) is 1.60. The number of esters is 2. The molecule has 0 aliphatic carbocycles. The van der Waals surface area contributed by atoms with Gasteiger partial charge in [0.1, 0.15) is 0 Å². The molecule has 0 saturated carbocycles. The van der Waals surface area contributed by atoms with E-state index in [1.165, 1.54) is 0 Å². The Balaban J connectivity index is 2.85. The quantitative estimate of drug-likeness (QED) is 0.363. The third-order valence-corrected chi connectivity index (χ3v) is 2.53. The van der Waals surface area contributed by atoms with Crippen molar-refractivity contribution >= 4 is 11.9 Å². The van der Waals surface area contributed by atoms with Gasteiger partial charge in [-0.25, -0.2) is 9.59 Å². The topological polar surface area (TPSA) is 43.4 Å². The fourth-order valence-electron chi connectivity index (χ4n) is 1.82. The van der Waals surface area contributed by atoms with Crippen molar-refractivity contribution in [2.75, 3.05) is 0 Å². The Bertz CT molecular complexity index is 533. The average Bonchev–Trinajstić information content (AvgIpc) is 2.42. The Morgan fingerprint density at radius 1 is 1.27 bits per heavy atom. The Morgan fingerprint density at radius 3 is 2.53 bits per heavy atom. The Morgan fingerprint density at radius 2 is 1.93 bits per heavy atom. The molecule has 0 unspecified atom stereocenters.